The second-order valence-corrected chi connectivity index (χ2v) is 8.49. The van der Waals surface area contributed by atoms with Crippen molar-refractivity contribution in [1.82, 2.24) is 24.7 Å². The SMILES string of the molecule is CCC(=NN1CCN(C)CC1)c1c(CC(=O)OC)[nH]n(-c2nc3ccccc3s2)c1=O. The summed E-state index contributed by atoms with van der Waals surface area (Å²) in [5.41, 5.74) is 2.14. The summed E-state index contributed by atoms with van der Waals surface area (Å²) < 4.78 is 7.24. The Kier molecular flexibility index (Phi) is 6.19. The van der Waals surface area contributed by atoms with Gasteiger partial charge < -0.3 is 9.64 Å². The highest BCUT2D eigenvalue weighted by atomic mass is 32.1. The van der Waals surface area contributed by atoms with E-state index >= 15 is 0 Å². The molecule has 0 radical (unpaired) electrons. The summed E-state index contributed by atoms with van der Waals surface area (Å²) in [5.74, 6) is -0.422. The molecule has 0 saturated carbocycles. The van der Waals surface area contributed by atoms with Gasteiger partial charge in [0.15, 0.2) is 0 Å². The highest BCUT2D eigenvalue weighted by Gasteiger charge is 2.24. The molecule has 3 aromatic rings. The minimum absolute atomic E-state index is 0.0409. The van der Waals surface area contributed by atoms with Crippen LogP contribution in [0.3, 0.4) is 0 Å². The number of hydrogen-bond donors (Lipinski definition) is 1. The van der Waals surface area contributed by atoms with Gasteiger partial charge in [0.25, 0.3) is 5.56 Å². The zero-order valence-corrected chi connectivity index (χ0v) is 18.7. The number of benzene rings is 1. The molecule has 0 unspecified atom stereocenters. The average molecular weight is 443 g/mol. The number of aromatic amines is 1. The van der Waals surface area contributed by atoms with Crippen molar-refractivity contribution in [3.05, 3.63) is 45.9 Å². The summed E-state index contributed by atoms with van der Waals surface area (Å²) in [6.07, 6.45) is 0.522. The number of hydrazone groups is 1. The fraction of sp³-hybridized carbons (Fsp3) is 0.429. The van der Waals surface area contributed by atoms with E-state index in [4.69, 9.17) is 9.84 Å². The van der Waals surface area contributed by atoms with Crippen molar-refractivity contribution in [2.75, 3.05) is 40.3 Å². The lowest BCUT2D eigenvalue weighted by Crippen LogP contribution is -2.42. The number of methoxy groups -OCH3 is 1. The van der Waals surface area contributed by atoms with Crippen LogP contribution in [-0.4, -0.2) is 76.7 Å². The Morgan fingerprint density at radius 1 is 1.26 bits per heavy atom. The molecule has 1 aliphatic heterocycles. The van der Waals surface area contributed by atoms with Crippen LogP contribution in [0.25, 0.3) is 15.3 Å². The predicted molar refractivity (Wildman–Crippen MR) is 121 cm³/mol. The molecule has 0 amide bonds. The van der Waals surface area contributed by atoms with Crippen molar-refractivity contribution < 1.29 is 9.53 Å². The van der Waals surface area contributed by atoms with E-state index in [-0.39, 0.29) is 12.0 Å². The Hall–Kier alpha value is -2.98. The zero-order valence-electron chi connectivity index (χ0n) is 17.9. The first-order valence-corrected chi connectivity index (χ1v) is 11.1. The number of H-pyrrole nitrogens is 1. The number of esters is 1. The number of piperazine rings is 1. The van der Waals surface area contributed by atoms with Crippen molar-refractivity contribution in [2.24, 2.45) is 5.10 Å². The first-order valence-electron chi connectivity index (χ1n) is 10.3. The van der Waals surface area contributed by atoms with Gasteiger partial charge in [-0.3, -0.25) is 19.7 Å². The van der Waals surface area contributed by atoms with Crippen LogP contribution in [0.5, 0.6) is 0 Å². The van der Waals surface area contributed by atoms with E-state index < -0.39 is 5.97 Å². The number of likely N-dealkylation sites (N-methyl/N-ethyl adjacent to an activating group) is 1. The summed E-state index contributed by atoms with van der Waals surface area (Å²) in [6, 6.07) is 7.72. The van der Waals surface area contributed by atoms with Gasteiger partial charge in [0.2, 0.25) is 5.13 Å². The van der Waals surface area contributed by atoms with Gasteiger partial charge in [0.1, 0.15) is 0 Å². The second-order valence-electron chi connectivity index (χ2n) is 7.48. The van der Waals surface area contributed by atoms with E-state index in [1.54, 1.807) is 0 Å². The van der Waals surface area contributed by atoms with Crippen LogP contribution >= 0.6 is 11.3 Å². The van der Waals surface area contributed by atoms with Crippen LogP contribution in [0.2, 0.25) is 0 Å². The molecule has 9 nitrogen and oxygen atoms in total. The first-order chi connectivity index (χ1) is 15.0. The Balaban J connectivity index is 1.79. The van der Waals surface area contributed by atoms with Gasteiger partial charge in [-0.15, -0.1) is 0 Å². The number of rotatable bonds is 6. The van der Waals surface area contributed by atoms with Gasteiger partial charge in [-0.25, -0.2) is 4.98 Å². The normalized spacial score (nSPS) is 15.6. The Morgan fingerprint density at radius 2 is 2.00 bits per heavy atom. The van der Waals surface area contributed by atoms with Gasteiger partial charge in [-0.2, -0.15) is 9.78 Å². The number of ether oxygens (including phenoxy) is 1. The van der Waals surface area contributed by atoms with Crippen LogP contribution in [-0.2, 0) is 16.0 Å². The molecular formula is C21H26N6O3S. The number of thiazole rings is 1. The molecule has 1 N–H and O–H groups in total. The third-order valence-electron chi connectivity index (χ3n) is 5.35. The van der Waals surface area contributed by atoms with Crippen LogP contribution in [0.15, 0.2) is 34.2 Å². The molecule has 1 aromatic carbocycles. The van der Waals surface area contributed by atoms with Crippen LogP contribution < -0.4 is 5.56 Å². The van der Waals surface area contributed by atoms with E-state index in [1.165, 1.54) is 23.1 Å². The smallest absolute Gasteiger partial charge is 0.311 e. The molecule has 164 valence electrons. The van der Waals surface area contributed by atoms with E-state index in [9.17, 15) is 9.59 Å². The molecule has 1 aliphatic rings. The quantitative estimate of drug-likeness (QED) is 0.462. The molecule has 1 saturated heterocycles. The monoisotopic (exact) mass is 442 g/mol. The molecule has 3 heterocycles. The van der Waals surface area contributed by atoms with Crippen LogP contribution in [0.4, 0.5) is 0 Å². The average Bonchev–Trinajstić information content (AvgIpc) is 3.34. The third-order valence-corrected chi connectivity index (χ3v) is 6.38. The molecule has 0 atom stereocenters. The molecular weight excluding hydrogens is 416 g/mol. The Bertz CT molecular complexity index is 1140. The molecule has 0 aliphatic carbocycles. The molecule has 31 heavy (non-hydrogen) atoms. The van der Waals surface area contributed by atoms with Crippen molar-refractivity contribution in [2.45, 2.75) is 19.8 Å². The maximum atomic E-state index is 13.5. The van der Waals surface area contributed by atoms with E-state index in [0.29, 0.717) is 28.5 Å². The highest BCUT2D eigenvalue weighted by molar-refractivity contribution is 7.20. The first kappa shape index (κ1) is 21.3. The number of carbonyl (C=O) groups excluding carboxylic acids is 1. The van der Waals surface area contributed by atoms with Crippen molar-refractivity contribution >= 4 is 33.2 Å². The predicted octanol–water partition coefficient (Wildman–Crippen LogP) is 1.85. The zero-order chi connectivity index (χ0) is 22.0. The molecule has 4 rings (SSSR count). The number of nitrogens with one attached hydrogen (secondary N) is 1. The summed E-state index contributed by atoms with van der Waals surface area (Å²) in [6.45, 7) is 5.38. The van der Waals surface area contributed by atoms with Gasteiger partial charge in [-0.05, 0) is 25.6 Å². The lowest BCUT2D eigenvalue weighted by atomic mass is 10.1. The lowest BCUT2D eigenvalue weighted by Gasteiger charge is -2.30. The second kappa shape index (κ2) is 9.03. The summed E-state index contributed by atoms with van der Waals surface area (Å²) in [5, 5.41) is 10.4. The standard InChI is InChI=1S/C21H26N6O3S/c1-4-14(23-26-11-9-25(2)10-12-26)19-16(13-18(28)30-3)24-27(20(19)29)21-22-15-7-5-6-8-17(15)31-21/h5-8,24H,4,9-13H2,1-3H3. The van der Waals surface area contributed by atoms with Gasteiger partial charge in [0, 0.05) is 26.2 Å². The van der Waals surface area contributed by atoms with Crippen molar-refractivity contribution in [1.29, 1.82) is 0 Å². The number of para-hydroxylation sites is 1. The fourth-order valence-corrected chi connectivity index (χ4v) is 4.50. The minimum atomic E-state index is -0.422. The number of fused-ring (bicyclic) bond motifs is 1. The Labute approximate surface area is 183 Å². The topological polar surface area (TPSA) is 95.8 Å². The van der Waals surface area contributed by atoms with Gasteiger partial charge >= 0.3 is 5.97 Å². The van der Waals surface area contributed by atoms with Gasteiger partial charge in [-0.1, -0.05) is 30.4 Å². The molecule has 10 heteroatoms. The van der Waals surface area contributed by atoms with E-state index in [1.807, 2.05) is 36.2 Å². The third kappa shape index (κ3) is 4.40. The fourth-order valence-electron chi connectivity index (χ4n) is 3.58. The largest absolute Gasteiger partial charge is 0.469 e. The maximum Gasteiger partial charge on any atom is 0.311 e. The minimum Gasteiger partial charge on any atom is -0.469 e. The summed E-state index contributed by atoms with van der Waals surface area (Å²) >= 11 is 1.42. The van der Waals surface area contributed by atoms with Gasteiger partial charge in [0.05, 0.1) is 40.7 Å². The van der Waals surface area contributed by atoms with Crippen LogP contribution in [0.1, 0.15) is 24.6 Å². The Morgan fingerprint density at radius 3 is 2.68 bits per heavy atom. The van der Waals surface area contributed by atoms with Crippen LogP contribution in [0, 0.1) is 0 Å². The van der Waals surface area contributed by atoms with Crippen molar-refractivity contribution in [3.8, 4) is 5.13 Å². The maximum absolute atomic E-state index is 13.5. The van der Waals surface area contributed by atoms with E-state index in [0.717, 1.165) is 36.4 Å². The molecule has 2 aromatic heterocycles. The summed E-state index contributed by atoms with van der Waals surface area (Å²) in [7, 11) is 3.42. The summed E-state index contributed by atoms with van der Waals surface area (Å²) in [4.78, 5) is 32.3. The molecule has 0 bridgehead atoms. The van der Waals surface area contributed by atoms with Crippen molar-refractivity contribution in [3.63, 3.8) is 0 Å². The highest BCUT2D eigenvalue weighted by Crippen LogP contribution is 2.24. The lowest BCUT2D eigenvalue weighted by molar-refractivity contribution is -0.139. The number of carbonyl (C=O) groups is 1. The number of nitrogens with zero attached hydrogens (tertiary/aromatic N) is 5. The number of aromatic nitrogens is 3. The molecule has 1 fully saturated rings. The number of hydrogen-bond acceptors (Lipinski definition) is 8. The molecule has 0 spiro atoms. The van der Waals surface area contributed by atoms with E-state index in [2.05, 4.69) is 22.0 Å².